The molecular formula is C17H33N3. The molecule has 1 spiro atoms. The molecule has 2 saturated heterocycles. The molecule has 3 rings (SSSR count). The molecule has 0 unspecified atom stereocenters. The van der Waals surface area contributed by atoms with E-state index in [9.17, 15) is 0 Å². The lowest BCUT2D eigenvalue weighted by Gasteiger charge is -2.54. The summed E-state index contributed by atoms with van der Waals surface area (Å²) >= 11 is 0. The molecule has 20 heavy (non-hydrogen) atoms. The lowest BCUT2D eigenvalue weighted by molar-refractivity contribution is -0.0354. The molecule has 0 aromatic rings. The van der Waals surface area contributed by atoms with E-state index in [1.54, 1.807) is 0 Å². The van der Waals surface area contributed by atoms with Crippen molar-refractivity contribution in [3.8, 4) is 0 Å². The van der Waals surface area contributed by atoms with Crippen molar-refractivity contribution in [3.05, 3.63) is 0 Å². The molecule has 1 saturated carbocycles. The van der Waals surface area contributed by atoms with Gasteiger partial charge in [0.25, 0.3) is 0 Å². The summed E-state index contributed by atoms with van der Waals surface area (Å²) < 4.78 is 0. The number of hydrogen-bond donors (Lipinski definition) is 0. The van der Waals surface area contributed by atoms with E-state index in [2.05, 4.69) is 35.6 Å². The van der Waals surface area contributed by atoms with Gasteiger partial charge in [-0.25, -0.2) is 0 Å². The number of piperidine rings is 1. The summed E-state index contributed by atoms with van der Waals surface area (Å²) in [6, 6.07) is 0.744. The Morgan fingerprint density at radius 1 is 0.950 bits per heavy atom. The second-order valence-corrected chi connectivity index (χ2v) is 8.01. The smallest absolute Gasteiger partial charge is 0.0110 e. The van der Waals surface area contributed by atoms with Crippen LogP contribution in [0.2, 0.25) is 0 Å². The fourth-order valence-corrected chi connectivity index (χ4v) is 4.61. The van der Waals surface area contributed by atoms with Gasteiger partial charge in [0.05, 0.1) is 0 Å². The molecule has 3 fully saturated rings. The van der Waals surface area contributed by atoms with Gasteiger partial charge < -0.3 is 14.7 Å². The van der Waals surface area contributed by atoms with Crippen molar-refractivity contribution < 1.29 is 0 Å². The van der Waals surface area contributed by atoms with Gasteiger partial charge >= 0.3 is 0 Å². The van der Waals surface area contributed by atoms with Crippen LogP contribution in [0.1, 0.15) is 39.5 Å². The first-order valence-corrected chi connectivity index (χ1v) is 8.71. The minimum atomic E-state index is 0.744. The number of nitrogens with zero attached hydrogens (tertiary/aromatic N) is 3. The lowest BCUT2D eigenvalue weighted by atomic mass is 9.57. The van der Waals surface area contributed by atoms with Gasteiger partial charge in [-0.2, -0.15) is 0 Å². The maximum atomic E-state index is 2.71. The van der Waals surface area contributed by atoms with E-state index in [-0.39, 0.29) is 0 Å². The third-order valence-corrected chi connectivity index (χ3v) is 6.14. The molecule has 0 aromatic carbocycles. The van der Waals surface area contributed by atoms with Crippen LogP contribution < -0.4 is 0 Å². The van der Waals surface area contributed by atoms with Crippen LogP contribution in [0.15, 0.2) is 0 Å². The Morgan fingerprint density at radius 2 is 1.55 bits per heavy atom. The van der Waals surface area contributed by atoms with Gasteiger partial charge in [0.1, 0.15) is 0 Å². The van der Waals surface area contributed by atoms with Crippen LogP contribution in [-0.4, -0.2) is 73.6 Å². The predicted octanol–water partition coefficient (Wildman–Crippen LogP) is 2.13. The minimum absolute atomic E-state index is 0.744. The maximum Gasteiger partial charge on any atom is 0.0110 e. The average Bonchev–Trinajstić information content (AvgIpc) is 2.40. The van der Waals surface area contributed by atoms with Gasteiger partial charge in [-0.15, -0.1) is 0 Å². The Hall–Kier alpha value is -0.120. The van der Waals surface area contributed by atoms with Crippen LogP contribution in [0.25, 0.3) is 0 Å². The minimum Gasteiger partial charge on any atom is -0.304 e. The van der Waals surface area contributed by atoms with Gasteiger partial charge in [0.15, 0.2) is 0 Å². The summed E-state index contributed by atoms with van der Waals surface area (Å²) in [5, 5.41) is 0. The first-order valence-electron chi connectivity index (χ1n) is 8.71. The van der Waals surface area contributed by atoms with Gasteiger partial charge in [-0.3, -0.25) is 0 Å². The van der Waals surface area contributed by atoms with Crippen LogP contribution in [0.5, 0.6) is 0 Å². The molecule has 3 heteroatoms. The molecular weight excluding hydrogens is 246 g/mol. The van der Waals surface area contributed by atoms with Crippen molar-refractivity contribution in [2.75, 3.05) is 52.9 Å². The van der Waals surface area contributed by atoms with Crippen LogP contribution >= 0.6 is 0 Å². The predicted molar refractivity (Wildman–Crippen MR) is 85.0 cm³/mol. The summed E-state index contributed by atoms with van der Waals surface area (Å²) in [6.45, 7) is 13.9. The molecule has 0 N–H and O–H groups in total. The number of piperazine rings is 1. The number of rotatable bonds is 3. The van der Waals surface area contributed by atoms with Crippen molar-refractivity contribution in [3.63, 3.8) is 0 Å². The van der Waals surface area contributed by atoms with Gasteiger partial charge in [0, 0.05) is 38.8 Å². The standard InChI is InChI=1S/C17H33N3/c1-15(2)20-6-4-17(5-7-20)12-16(13-17)14-19-10-8-18(3)9-11-19/h15-16H,4-14H2,1-3H3. The fourth-order valence-electron chi connectivity index (χ4n) is 4.61. The van der Waals surface area contributed by atoms with Crippen LogP contribution in [-0.2, 0) is 0 Å². The summed E-state index contributed by atoms with van der Waals surface area (Å²) in [5.74, 6) is 1.00. The van der Waals surface area contributed by atoms with Crippen molar-refractivity contribution in [1.82, 2.24) is 14.7 Å². The van der Waals surface area contributed by atoms with E-state index < -0.39 is 0 Å². The SMILES string of the molecule is CC(C)N1CCC2(CC1)CC(CN1CCN(C)CC1)C2. The van der Waals surface area contributed by atoms with Crippen molar-refractivity contribution in [2.24, 2.45) is 11.3 Å². The van der Waals surface area contributed by atoms with Crippen LogP contribution in [0, 0.1) is 11.3 Å². The summed E-state index contributed by atoms with van der Waals surface area (Å²) in [7, 11) is 2.25. The first kappa shape index (κ1) is 14.8. The van der Waals surface area contributed by atoms with E-state index in [1.165, 1.54) is 71.5 Å². The lowest BCUT2D eigenvalue weighted by Crippen LogP contribution is -2.52. The second-order valence-electron chi connectivity index (χ2n) is 8.01. The first-order chi connectivity index (χ1) is 9.56. The summed E-state index contributed by atoms with van der Waals surface area (Å²) in [4.78, 5) is 7.83. The molecule has 2 aliphatic heterocycles. The Kier molecular flexibility index (Phi) is 4.40. The molecule has 1 aliphatic carbocycles. The third-order valence-electron chi connectivity index (χ3n) is 6.14. The molecule has 0 atom stereocenters. The topological polar surface area (TPSA) is 9.72 Å². The number of likely N-dealkylation sites (N-methyl/N-ethyl adjacent to an activating group) is 1. The highest BCUT2D eigenvalue weighted by molar-refractivity contribution is 4.98. The summed E-state index contributed by atoms with van der Waals surface area (Å²) in [5.41, 5.74) is 0.753. The molecule has 116 valence electrons. The Bertz CT molecular complexity index is 304. The van der Waals surface area contributed by atoms with Crippen LogP contribution in [0.4, 0.5) is 0 Å². The summed E-state index contributed by atoms with van der Waals surface area (Å²) in [6.07, 6.45) is 5.96. The molecule has 3 aliphatic rings. The molecule has 0 amide bonds. The number of hydrogen-bond acceptors (Lipinski definition) is 3. The number of likely N-dealkylation sites (tertiary alicyclic amines) is 1. The Balaban J connectivity index is 1.38. The molecule has 0 radical (unpaired) electrons. The Labute approximate surface area is 125 Å². The largest absolute Gasteiger partial charge is 0.304 e. The van der Waals surface area contributed by atoms with E-state index in [1.807, 2.05) is 0 Å². The average molecular weight is 279 g/mol. The van der Waals surface area contributed by atoms with Crippen molar-refractivity contribution >= 4 is 0 Å². The highest BCUT2D eigenvalue weighted by Crippen LogP contribution is 2.52. The van der Waals surface area contributed by atoms with E-state index >= 15 is 0 Å². The van der Waals surface area contributed by atoms with Gasteiger partial charge in [-0.05, 0) is 71.0 Å². The molecule has 3 nitrogen and oxygen atoms in total. The molecule has 2 heterocycles. The van der Waals surface area contributed by atoms with Crippen LogP contribution in [0.3, 0.4) is 0 Å². The van der Waals surface area contributed by atoms with E-state index in [0.29, 0.717) is 0 Å². The normalized spacial score (nSPS) is 30.0. The zero-order valence-electron chi connectivity index (χ0n) is 13.8. The highest BCUT2D eigenvalue weighted by atomic mass is 15.2. The zero-order valence-corrected chi connectivity index (χ0v) is 13.8. The van der Waals surface area contributed by atoms with E-state index in [4.69, 9.17) is 0 Å². The van der Waals surface area contributed by atoms with Gasteiger partial charge in [0.2, 0.25) is 0 Å². The maximum absolute atomic E-state index is 2.71. The van der Waals surface area contributed by atoms with Gasteiger partial charge in [-0.1, -0.05) is 0 Å². The Morgan fingerprint density at radius 3 is 2.10 bits per heavy atom. The monoisotopic (exact) mass is 279 g/mol. The highest BCUT2D eigenvalue weighted by Gasteiger charge is 2.46. The molecule has 0 bridgehead atoms. The van der Waals surface area contributed by atoms with E-state index in [0.717, 1.165) is 17.4 Å². The third kappa shape index (κ3) is 3.20. The molecule has 0 aromatic heterocycles. The van der Waals surface area contributed by atoms with Crippen molar-refractivity contribution in [1.29, 1.82) is 0 Å². The quantitative estimate of drug-likeness (QED) is 0.784. The fraction of sp³-hybridized carbons (Fsp3) is 1.00. The second kappa shape index (κ2) is 5.94. The zero-order chi connectivity index (χ0) is 14.2. The van der Waals surface area contributed by atoms with Crippen molar-refractivity contribution in [2.45, 2.75) is 45.6 Å².